The number of hydrogen-bond donors (Lipinski definition) is 1. The number of rotatable bonds is 9. The van der Waals surface area contributed by atoms with Gasteiger partial charge in [0.15, 0.2) is 0 Å². The highest BCUT2D eigenvalue weighted by molar-refractivity contribution is 5.96. The fourth-order valence-electron chi connectivity index (χ4n) is 4.83. The Morgan fingerprint density at radius 1 is 0.973 bits per heavy atom. The summed E-state index contributed by atoms with van der Waals surface area (Å²) in [4.78, 5) is 37.8. The van der Waals surface area contributed by atoms with E-state index in [-0.39, 0.29) is 30.1 Å². The quantitative estimate of drug-likeness (QED) is 0.423. The van der Waals surface area contributed by atoms with Crippen molar-refractivity contribution in [3.8, 4) is 5.75 Å². The molecule has 0 radical (unpaired) electrons. The van der Waals surface area contributed by atoms with Crippen molar-refractivity contribution in [1.29, 1.82) is 0 Å². The summed E-state index contributed by atoms with van der Waals surface area (Å²) in [6.07, 6.45) is 9.79. The van der Waals surface area contributed by atoms with Gasteiger partial charge in [0.1, 0.15) is 17.5 Å². The van der Waals surface area contributed by atoms with Crippen LogP contribution in [0.2, 0.25) is 0 Å². The monoisotopic (exact) mass is 500 g/mol. The van der Waals surface area contributed by atoms with Crippen LogP contribution in [-0.4, -0.2) is 39.8 Å². The Labute approximate surface area is 219 Å². The second-order valence-electron chi connectivity index (χ2n) is 9.94. The first-order valence-electron chi connectivity index (χ1n) is 13.1. The third kappa shape index (κ3) is 6.73. The van der Waals surface area contributed by atoms with Crippen molar-refractivity contribution >= 4 is 11.8 Å². The molecule has 0 spiro atoms. The van der Waals surface area contributed by atoms with E-state index in [1.54, 1.807) is 12.0 Å². The molecule has 7 heteroatoms. The van der Waals surface area contributed by atoms with E-state index in [1.807, 2.05) is 48.5 Å². The fraction of sp³-hybridized carbons (Fsp3) is 0.400. The lowest BCUT2D eigenvalue weighted by Crippen LogP contribution is -2.47. The highest BCUT2D eigenvalue weighted by Crippen LogP contribution is 2.29. The fourth-order valence-corrected chi connectivity index (χ4v) is 4.83. The molecule has 4 rings (SSSR count). The Balaban J connectivity index is 1.74. The first-order valence-corrected chi connectivity index (χ1v) is 13.1. The smallest absolute Gasteiger partial charge is 0.275 e. The molecule has 1 saturated carbocycles. The summed E-state index contributed by atoms with van der Waals surface area (Å²) >= 11 is 0. The standard InChI is InChI=1S/C30H36N4O3/c1-21(2)23-11-13-24(14-12-23)28(29(35)33-25-7-5-4-6-8-25)34(30(36)27-19-31-17-18-32-27)20-22-9-15-26(37-3)16-10-22/h9-19,21,25,28H,4-8,20H2,1-3H3,(H,33,35)/t28-/m0/s1. The molecule has 1 aliphatic carbocycles. The predicted molar refractivity (Wildman–Crippen MR) is 143 cm³/mol. The molecule has 1 heterocycles. The SMILES string of the molecule is COc1ccc(CN(C(=O)c2cnccn2)[C@H](C(=O)NC2CCCCC2)c2ccc(C(C)C)cc2)cc1. The van der Waals surface area contributed by atoms with Crippen LogP contribution in [-0.2, 0) is 11.3 Å². The molecule has 1 aromatic heterocycles. The summed E-state index contributed by atoms with van der Waals surface area (Å²) in [6, 6.07) is 14.8. The number of hydrogen-bond acceptors (Lipinski definition) is 5. The van der Waals surface area contributed by atoms with Gasteiger partial charge in [0.05, 0.1) is 13.3 Å². The van der Waals surface area contributed by atoms with E-state index < -0.39 is 6.04 Å². The molecule has 3 aromatic rings. The Hall–Kier alpha value is -3.74. The van der Waals surface area contributed by atoms with E-state index in [9.17, 15) is 9.59 Å². The van der Waals surface area contributed by atoms with Gasteiger partial charge in [-0.3, -0.25) is 14.6 Å². The topological polar surface area (TPSA) is 84.4 Å². The molecule has 1 aliphatic rings. The Kier molecular flexibility index (Phi) is 8.88. The number of methoxy groups -OCH3 is 1. The Morgan fingerprint density at radius 2 is 1.65 bits per heavy atom. The first kappa shape index (κ1) is 26.3. The molecule has 2 aromatic carbocycles. The predicted octanol–water partition coefficient (Wildman–Crippen LogP) is 5.44. The molecule has 0 unspecified atom stereocenters. The molecule has 0 aliphatic heterocycles. The van der Waals surface area contributed by atoms with Gasteiger partial charge in [0, 0.05) is 25.0 Å². The van der Waals surface area contributed by atoms with Gasteiger partial charge in [-0.15, -0.1) is 0 Å². The van der Waals surface area contributed by atoms with Gasteiger partial charge in [0.25, 0.3) is 5.91 Å². The minimum Gasteiger partial charge on any atom is -0.497 e. The number of carbonyl (C=O) groups excluding carboxylic acids is 2. The zero-order valence-electron chi connectivity index (χ0n) is 21.9. The van der Waals surface area contributed by atoms with Gasteiger partial charge >= 0.3 is 0 Å². The lowest BCUT2D eigenvalue weighted by Gasteiger charge is -2.33. The van der Waals surface area contributed by atoms with Crippen molar-refractivity contribution < 1.29 is 14.3 Å². The highest BCUT2D eigenvalue weighted by atomic mass is 16.5. The second-order valence-corrected chi connectivity index (χ2v) is 9.94. The van der Waals surface area contributed by atoms with E-state index in [1.165, 1.54) is 30.6 Å². The van der Waals surface area contributed by atoms with Crippen LogP contribution < -0.4 is 10.1 Å². The molecule has 1 atom stereocenters. The molecule has 7 nitrogen and oxygen atoms in total. The summed E-state index contributed by atoms with van der Waals surface area (Å²) in [5.41, 5.74) is 3.03. The minimum atomic E-state index is -0.820. The molecule has 0 saturated heterocycles. The highest BCUT2D eigenvalue weighted by Gasteiger charge is 2.34. The van der Waals surface area contributed by atoms with Crippen molar-refractivity contribution in [3.05, 3.63) is 89.5 Å². The van der Waals surface area contributed by atoms with Crippen LogP contribution in [0.15, 0.2) is 67.1 Å². The van der Waals surface area contributed by atoms with E-state index in [0.717, 1.165) is 42.6 Å². The first-order chi connectivity index (χ1) is 18.0. The lowest BCUT2D eigenvalue weighted by atomic mass is 9.94. The van der Waals surface area contributed by atoms with Gasteiger partial charge in [-0.05, 0) is 47.6 Å². The number of benzene rings is 2. The Bertz CT molecular complexity index is 1160. The normalized spacial score (nSPS) is 14.7. The molecule has 194 valence electrons. The number of nitrogens with one attached hydrogen (secondary N) is 1. The van der Waals surface area contributed by atoms with Crippen LogP contribution >= 0.6 is 0 Å². The maximum absolute atomic E-state index is 13.9. The summed E-state index contributed by atoms with van der Waals surface area (Å²) in [5, 5.41) is 3.26. The van der Waals surface area contributed by atoms with Gasteiger partial charge in [0.2, 0.25) is 5.91 Å². The number of ether oxygens (including phenoxy) is 1. The third-order valence-corrected chi connectivity index (χ3v) is 6.99. The lowest BCUT2D eigenvalue weighted by molar-refractivity contribution is -0.127. The summed E-state index contributed by atoms with van der Waals surface area (Å²) < 4.78 is 5.30. The molecular formula is C30H36N4O3. The van der Waals surface area contributed by atoms with Gasteiger partial charge < -0.3 is 15.0 Å². The average molecular weight is 501 g/mol. The van der Waals surface area contributed by atoms with E-state index >= 15 is 0 Å². The molecule has 2 amide bonds. The van der Waals surface area contributed by atoms with Crippen LogP contribution in [0.4, 0.5) is 0 Å². The van der Waals surface area contributed by atoms with Gasteiger partial charge in [-0.1, -0.05) is 69.5 Å². The Morgan fingerprint density at radius 3 is 2.24 bits per heavy atom. The summed E-state index contributed by atoms with van der Waals surface area (Å²) in [7, 11) is 1.62. The average Bonchev–Trinajstić information content (AvgIpc) is 2.94. The zero-order valence-corrected chi connectivity index (χ0v) is 21.9. The number of nitrogens with zero attached hydrogens (tertiary/aromatic N) is 3. The number of aromatic nitrogens is 2. The van der Waals surface area contributed by atoms with E-state index in [2.05, 4.69) is 29.1 Å². The van der Waals surface area contributed by atoms with Crippen molar-refractivity contribution in [3.63, 3.8) is 0 Å². The number of carbonyl (C=O) groups is 2. The van der Waals surface area contributed by atoms with E-state index in [4.69, 9.17) is 4.74 Å². The third-order valence-electron chi connectivity index (χ3n) is 6.99. The maximum atomic E-state index is 13.9. The number of amides is 2. The van der Waals surface area contributed by atoms with Crippen LogP contribution in [0, 0.1) is 0 Å². The van der Waals surface area contributed by atoms with Gasteiger partial charge in [-0.25, -0.2) is 4.98 Å². The van der Waals surface area contributed by atoms with Crippen molar-refractivity contribution in [1.82, 2.24) is 20.2 Å². The van der Waals surface area contributed by atoms with Crippen LogP contribution in [0.1, 0.15) is 85.1 Å². The largest absolute Gasteiger partial charge is 0.497 e. The van der Waals surface area contributed by atoms with E-state index in [0.29, 0.717) is 5.92 Å². The molecule has 1 N–H and O–H groups in total. The van der Waals surface area contributed by atoms with Crippen LogP contribution in [0.5, 0.6) is 5.75 Å². The molecule has 37 heavy (non-hydrogen) atoms. The zero-order chi connectivity index (χ0) is 26.2. The summed E-state index contributed by atoms with van der Waals surface area (Å²) in [5.74, 6) is 0.571. The molecule has 1 fully saturated rings. The van der Waals surface area contributed by atoms with Crippen LogP contribution in [0.25, 0.3) is 0 Å². The van der Waals surface area contributed by atoms with Crippen molar-refractivity contribution in [2.24, 2.45) is 0 Å². The summed E-state index contributed by atoms with van der Waals surface area (Å²) in [6.45, 7) is 4.50. The van der Waals surface area contributed by atoms with Crippen LogP contribution in [0.3, 0.4) is 0 Å². The minimum absolute atomic E-state index is 0.119. The van der Waals surface area contributed by atoms with Crippen molar-refractivity contribution in [2.45, 2.75) is 70.5 Å². The van der Waals surface area contributed by atoms with Crippen molar-refractivity contribution in [2.75, 3.05) is 7.11 Å². The molecule has 0 bridgehead atoms. The molecular weight excluding hydrogens is 464 g/mol. The maximum Gasteiger partial charge on any atom is 0.275 e. The second kappa shape index (κ2) is 12.5. The van der Waals surface area contributed by atoms with Gasteiger partial charge in [-0.2, -0.15) is 0 Å².